The number of nitrogens with one attached hydrogen (secondary N) is 2. The van der Waals surface area contributed by atoms with E-state index >= 15 is 0 Å². The van der Waals surface area contributed by atoms with Crippen LogP contribution in [0.5, 0.6) is 0 Å². The van der Waals surface area contributed by atoms with Gasteiger partial charge in [-0.05, 0) is 13.1 Å². The van der Waals surface area contributed by atoms with Gasteiger partial charge in [-0.3, -0.25) is 10.1 Å². The lowest BCUT2D eigenvalue weighted by Gasteiger charge is -1.98. The first-order chi connectivity index (χ1) is 6.06. The fourth-order valence-electron chi connectivity index (χ4n) is 0.500. The highest BCUT2D eigenvalue weighted by Crippen LogP contribution is 1.87. The van der Waals surface area contributed by atoms with Gasteiger partial charge >= 0.3 is 6.03 Å². The Hall–Kier alpha value is -1.84. The number of amides is 3. The van der Waals surface area contributed by atoms with Gasteiger partial charge in [-0.2, -0.15) is 0 Å². The van der Waals surface area contributed by atoms with E-state index in [-0.39, 0.29) is 0 Å². The zero-order chi connectivity index (χ0) is 10.3. The molecule has 70 valence electrons. The SMILES string of the molecule is C=CNC(=O)NC(=O)C=CC(=C)C. The molecule has 0 aliphatic carbocycles. The quantitative estimate of drug-likeness (QED) is 0.504. The zero-order valence-electron chi connectivity index (χ0n) is 7.46. The van der Waals surface area contributed by atoms with Gasteiger partial charge in [0.1, 0.15) is 0 Å². The summed E-state index contributed by atoms with van der Waals surface area (Å²) in [5.41, 5.74) is 0.735. The molecule has 0 aliphatic heterocycles. The minimum absolute atomic E-state index is 0.498. The Morgan fingerprint density at radius 1 is 1.31 bits per heavy atom. The summed E-state index contributed by atoms with van der Waals surface area (Å²) in [6.45, 7) is 8.57. The van der Waals surface area contributed by atoms with Crippen molar-refractivity contribution in [1.29, 1.82) is 0 Å². The molecule has 0 spiro atoms. The van der Waals surface area contributed by atoms with Crippen molar-refractivity contribution in [1.82, 2.24) is 10.6 Å². The van der Waals surface area contributed by atoms with Crippen molar-refractivity contribution >= 4 is 11.9 Å². The van der Waals surface area contributed by atoms with Crippen molar-refractivity contribution in [2.75, 3.05) is 0 Å². The van der Waals surface area contributed by atoms with Crippen LogP contribution in [0.3, 0.4) is 0 Å². The van der Waals surface area contributed by atoms with Gasteiger partial charge in [0, 0.05) is 6.08 Å². The minimum atomic E-state index is -0.605. The van der Waals surface area contributed by atoms with E-state index < -0.39 is 11.9 Å². The molecule has 0 bridgehead atoms. The number of hydrogen-bond acceptors (Lipinski definition) is 2. The highest BCUT2D eigenvalue weighted by Gasteiger charge is 2.00. The van der Waals surface area contributed by atoms with E-state index in [2.05, 4.69) is 18.5 Å². The van der Waals surface area contributed by atoms with Crippen molar-refractivity contribution in [2.24, 2.45) is 0 Å². The summed E-state index contributed by atoms with van der Waals surface area (Å²) in [6, 6.07) is -0.605. The molecular weight excluding hydrogens is 168 g/mol. The summed E-state index contributed by atoms with van der Waals surface area (Å²) in [5, 5.41) is 4.25. The second kappa shape index (κ2) is 5.77. The molecule has 0 aromatic carbocycles. The first kappa shape index (κ1) is 11.2. The topological polar surface area (TPSA) is 58.2 Å². The van der Waals surface area contributed by atoms with Gasteiger partial charge in [-0.25, -0.2) is 4.79 Å². The van der Waals surface area contributed by atoms with Crippen LogP contribution in [0.1, 0.15) is 6.92 Å². The molecule has 0 aromatic rings. The third-order valence-corrected chi connectivity index (χ3v) is 0.989. The van der Waals surface area contributed by atoms with Crippen LogP contribution in [-0.4, -0.2) is 11.9 Å². The van der Waals surface area contributed by atoms with E-state index in [0.717, 1.165) is 5.57 Å². The van der Waals surface area contributed by atoms with Gasteiger partial charge in [0.15, 0.2) is 0 Å². The molecule has 0 atom stereocenters. The molecule has 4 heteroatoms. The van der Waals surface area contributed by atoms with Gasteiger partial charge in [-0.1, -0.05) is 24.8 Å². The molecule has 4 nitrogen and oxygen atoms in total. The number of carbonyl (C=O) groups is 2. The lowest BCUT2D eigenvalue weighted by molar-refractivity contribution is -0.115. The third kappa shape index (κ3) is 6.55. The molecule has 0 aromatic heterocycles. The smallest absolute Gasteiger partial charge is 0.315 e. The number of carbonyl (C=O) groups excluding carboxylic acids is 2. The number of rotatable bonds is 3. The molecule has 0 aliphatic rings. The molecule has 0 unspecified atom stereocenters. The van der Waals surface area contributed by atoms with Gasteiger partial charge in [0.2, 0.25) is 0 Å². The predicted molar refractivity (Wildman–Crippen MR) is 50.8 cm³/mol. The van der Waals surface area contributed by atoms with E-state index in [1.165, 1.54) is 18.4 Å². The summed E-state index contributed by atoms with van der Waals surface area (Å²) in [5.74, 6) is -0.498. The Balaban J connectivity index is 3.94. The number of imide groups is 1. The summed E-state index contributed by atoms with van der Waals surface area (Å²) in [7, 11) is 0. The third-order valence-electron chi connectivity index (χ3n) is 0.989. The van der Waals surface area contributed by atoms with Crippen LogP contribution < -0.4 is 10.6 Å². The van der Waals surface area contributed by atoms with Crippen molar-refractivity contribution < 1.29 is 9.59 Å². The van der Waals surface area contributed by atoms with Gasteiger partial charge in [0.05, 0.1) is 0 Å². The molecule has 3 amide bonds. The molecule has 0 saturated heterocycles. The molecular formula is C9H12N2O2. The Morgan fingerprint density at radius 3 is 2.38 bits per heavy atom. The highest BCUT2D eigenvalue weighted by atomic mass is 16.2. The molecule has 0 radical (unpaired) electrons. The maximum absolute atomic E-state index is 10.9. The van der Waals surface area contributed by atoms with Crippen molar-refractivity contribution in [3.05, 3.63) is 37.1 Å². The summed E-state index contributed by atoms with van der Waals surface area (Å²) >= 11 is 0. The lowest BCUT2D eigenvalue weighted by atomic mass is 10.3. The summed E-state index contributed by atoms with van der Waals surface area (Å²) in [6.07, 6.45) is 3.92. The Labute approximate surface area is 77.0 Å². The van der Waals surface area contributed by atoms with E-state index in [0.29, 0.717) is 0 Å². The molecule has 0 fully saturated rings. The van der Waals surface area contributed by atoms with Crippen molar-refractivity contribution in [2.45, 2.75) is 6.92 Å². The first-order valence-electron chi connectivity index (χ1n) is 3.62. The van der Waals surface area contributed by atoms with Crippen LogP contribution in [0.15, 0.2) is 37.1 Å². The second-order valence-electron chi connectivity index (χ2n) is 2.35. The molecule has 2 N–H and O–H groups in total. The van der Waals surface area contributed by atoms with Crippen LogP contribution in [0.25, 0.3) is 0 Å². The fourth-order valence-corrected chi connectivity index (χ4v) is 0.500. The average Bonchev–Trinajstić information content (AvgIpc) is 2.01. The Kier molecular flexibility index (Phi) is 4.95. The van der Waals surface area contributed by atoms with Crippen molar-refractivity contribution in [3.63, 3.8) is 0 Å². The van der Waals surface area contributed by atoms with E-state index in [4.69, 9.17) is 0 Å². The monoisotopic (exact) mass is 180 g/mol. The van der Waals surface area contributed by atoms with Gasteiger partial charge in [-0.15, -0.1) is 0 Å². The van der Waals surface area contributed by atoms with E-state index in [1.54, 1.807) is 6.92 Å². The maximum Gasteiger partial charge on any atom is 0.325 e. The number of hydrogen-bond donors (Lipinski definition) is 2. The summed E-state index contributed by atoms with van der Waals surface area (Å²) in [4.78, 5) is 21.6. The second-order valence-corrected chi connectivity index (χ2v) is 2.35. The van der Waals surface area contributed by atoms with Crippen LogP contribution in [0.4, 0.5) is 4.79 Å². The van der Waals surface area contributed by atoms with E-state index in [1.807, 2.05) is 5.32 Å². The average molecular weight is 180 g/mol. The van der Waals surface area contributed by atoms with Crippen LogP contribution in [-0.2, 0) is 4.79 Å². The fraction of sp³-hybridized carbons (Fsp3) is 0.111. The summed E-state index contributed by atoms with van der Waals surface area (Å²) < 4.78 is 0. The Bertz CT molecular complexity index is 267. The lowest BCUT2D eigenvalue weighted by Crippen LogP contribution is -2.35. The van der Waals surface area contributed by atoms with Crippen LogP contribution >= 0.6 is 0 Å². The largest absolute Gasteiger partial charge is 0.325 e. The zero-order valence-corrected chi connectivity index (χ0v) is 7.46. The highest BCUT2D eigenvalue weighted by molar-refractivity contribution is 6.00. The van der Waals surface area contributed by atoms with Crippen LogP contribution in [0.2, 0.25) is 0 Å². The van der Waals surface area contributed by atoms with Gasteiger partial charge < -0.3 is 5.32 Å². The molecule has 13 heavy (non-hydrogen) atoms. The van der Waals surface area contributed by atoms with E-state index in [9.17, 15) is 9.59 Å². The number of allylic oxidation sites excluding steroid dienone is 2. The molecule has 0 saturated carbocycles. The maximum atomic E-state index is 10.9. The molecule has 0 rings (SSSR count). The van der Waals surface area contributed by atoms with Crippen LogP contribution in [0, 0.1) is 0 Å². The normalized spacial score (nSPS) is 9.31. The first-order valence-corrected chi connectivity index (χ1v) is 3.62. The predicted octanol–water partition coefficient (Wildman–Crippen LogP) is 1.09. The minimum Gasteiger partial charge on any atom is -0.315 e. The van der Waals surface area contributed by atoms with Crippen molar-refractivity contribution in [3.8, 4) is 0 Å². The number of urea groups is 1. The standard InChI is InChI=1S/C9H12N2O2/c1-4-10-9(13)11-8(12)6-5-7(2)3/h4-6H,1-2H2,3H3,(H2,10,11,12,13). The van der Waals surface area contributed by atoms with Gasteiger partial charge in [0.25, 0.3) is 5.91 Å². The molecule has 0 heterocycles. The Morgan fingerprint density at radius 2 is 1.92 bits per heavy atom.